The molecule has 0 saturated heterocycles. The van der Waals surface area contributed by atoms with E-state index >= 15 is 0 Å². The van der Waals surface area contributed by atoms with Crippen LogP contribution in [0.4, 0.5) is 0 Å². The number of benzene rings is 7. The SMILES string of the molecule is CCC1=C(c2cccc(-c3ccc(-c4cc5sc6ccccc6c5cc4-c4ccccc4)c4oc5ccccc5c34)c2)N=C(C2=CCCC=C2)N=C(c2ccccc2)C1. The number of aliphatic imine (C=N–C) groups is 2. The Labute approximate surface area is 347 Å². The van der Waals surface area contributed by atoms with Gasteiger partial charge in [-0.2, -0.15) is 0 Å². The molecule has 4 heteroatoms. The van der Waals surface area contributed by atoms with Crippen molar-refractivity contribution in [3.63, 3.8) is 0 Å². The number of thiophene rings is 1. The Morgan fingerprint density at radius 2 is 1.29 bits per heavy atom. The Bertz CT molecular complexity index is 3260. The average Bonchev–Trinajstić information content (AvgIpc) is 3.81. The van der Waals surface area contributed by atoms with Crippen molar-refractivity contribution in [2.45, 2.75) is 32.6 Å². The normalized spacial score (nSPS) is 14.6. The molecule has 0 spiro atoms. The molecule has 0 bridgehead atoms. The van der Waals surface area contributed by atoms with Crippen LogP contribution in [0, 0.1) is 0 Å². The van der Waals surface area contributed by atoms with Crippen LogP contribution in [-0.2, 0) is 0 Å². The summed E-state index contributed by atoms with van der Waals surface area (Å²) in [4.78, 5) is 10.7. The molecule has 0 radical (unpaired) electrons. The van der Waals surface area contributed by atoms with Crippen LogP contribution < -0.4 is 0 Å². The fourth-order valence-corrected chi connectivity index (χ4v) is 10.0. The zero-order chi connectivity index (χ0) is 39.3. The van der Waals surface area contributed by atoms with Gasteiger partial charge in [0.05, 0.1) is 11.4 Å². The first-order valence-corrected chi connectivity index (χ1v) is 21.4. The van der Waals surface area contributed by atoms with E-state index in [0.29, 0.717) is 0 Å². The van der Waals surface area contributed by atoms with Crippen molar-refractivity contribution >= 4 is 70.7 Å². The highest BCUT2D eigenvalue weighted by molar-refractivity contribution is 7.25. The molecule has 59 heavy (non-hydrogen) atoms. The van der Waals surface area contributed by atoms with Gasteiger partial charge >= 0.3 is 0 Å². The van der Waals surface area contributed by atoms with E-state index in [0.717, 1.165) is 104 Å². The number of nitrogens with zero attached hydrogens (tertiary/aromatic N) is 2. The van der Waals surface area contributed by atoms with Crippen molar-refractivity contribution in [2.75, 3.05) is 0 Å². The van der Waals surface area contributed by atoms with Gasteiger partial charge in [0, 0.05) is 54.1 Å². The van der Waals surface area contributed by atoms with Gasteiger partial charge in [-0.05, 0) is 94.6 Å². The lowest BCUT2D eigenvalue weighted by molar-refractivity contribution is 0.670. The Morgan fingerprint density at radius 3 is 2.10 bits per heavy atom. The second-order valence-electron chi connectivity index (χ2n) is 15.4. The topological polar surface area (TPSA) is 37.9 Å². The fourth-order valence-electron chi connectivity index (χ4n) is 8.90. The molecule has 2 aromatic heterocycles. The lowest BCUT2D eigenvalue weighted by Crippen LogP contribution is -2.07. The number of rotatable bonds is 7. The predicted octanol–water partition coefficient (Wildman–Crippen LogP) is 15.6. The first kappa shape index (κ1) is 35.3. The fraction of sp³-hybridized carbons (Fsp3) is 0.0909. The monoisotopic (exact) mass is 776 g/mol. The summed E-state index contributed by atoms with van der Waals surface area (Å²) in [7, 11) is 0. The van der Waals surface area contributed by atoms with Crippen molar-refractivity contribution < 1.29 is 4.42 Å². The second kappa shape index (κ2) is 14.8. The molecule has 3 nitrogen and oxygen atoms in total. The zero-order valence-corrected chi connectivity index (χ0v) is 33.6. The molecule has 0 saturated carbocycles. The Hall–Kier alpha value is -6.88. The van der Waals surface area contributed by atoms with Crippen molar-refractivity contribution in [2.24, 2.45) is 9.98 Å². The zero-order valence-electron chi connectivity index (χ0n) is 32.8. The molecular formula is C55H40N2OS. The Kier molecular flexibility index (Phi) is 8.86. The van der Waals surface area contributed by atoms with E-state index in [2.05, 4.69) is 183 Å². The van der Waals surface area contributed by atoms with Gasteiger partial charge in [0.2, 0.25) is 0 Å². The van der Waals surface area contributed by atoms with E-state index in [4.69, 9.17) is 14.4 Å². The highest BCUT2D eigenvalue weighted by atomic mass is 32.1. The molecule has 0 atom stereocenters. The van der Waals surface area contributed by atoms with Gasteiger partial charge in [-0.25, -0.2) is 9.98 Å². The number of amidine groups is 1. The number of allylic oxidation sites excluding steroid dienone is 3. The average molecular weight is 777 g/mol. The lowest BCUT2D eigenvalue weighted by atomic mass is 9.89. The highest BCUT2D eigenvalue weighted by Crippen LogP contribution is 2.47. The predicted molar refractivity (Wildman–Crippen MR) is 252 cm³/mol. The molecule has 0 fully saturated rings. The van der Waals surface area contributed by atoms with Crippen LogP contribution in [0.15, 0.2) is 202 Å². The molecule has 1 aliphatic carbocycles. The molecule has 3 heterocycles. The summed E-state index contributed by atoms with van der Waals surface area (Å²) in [5.41, 5.74) is 15.3. The Morgan fingerprint density at radius 1 is 0.559 bits per heavy atom. The minimum atomic E-state index is 0.739. The van der Waals surface area contributed by atoms with Crippen LogP contribution in [0.2, 0.25) is 0 Å². The van der Waals surface area contributed by atoms with Crippen molar-refractivity contribution in [1.29, 1.82) is 0 Å². The lowest BCUT2D eigenvalue weighted by Gasteiger charge is -2.15. The third-order valence-corrected chi connectivity index (χ3v) is 13.0. The number of fused-ring (bicyclic) bond motifs is 6. The number of furan rings is 1. The molecule has 11 rings (SSSR count). The summed E-state index contributed by atoms with van der Waals surface area (Å²) >= 11 is 1.85. The molecule has 0 unspecified atom stereocenters. The maximum absolute atomic E-state index is 6.94. The Balaban J connectivity index is 1.10. The summed E-state index contributed by atoms with van der Waals surface area (Å²) in [5, 5.41) is 4.80. The van der Waals surface area contributed by atoms with E-state index in [1.54, 1.807) is 0 Å². The molecular weight excluding hydrogens is 737 g/mol. The molecule has 2 aliphatic rings. The third kappa shape index (κ3) is 6.28. The van der Waals surface area contributed by atoms with Crippen LogP contribution in [0.5, 0.6) is 0 Å². The highest BCUT2D eigenvalue weighted by Gasteiger charge is 2.23. The van der Waals surface area contributed by atoms with E-state index in [1.807, 2.05) is 11.3 Å². The van der Waals surface area contributed by atoms with Gasteiger partial charge in [-0.15, -0.1) is 11.3 Å². The summed E-state index contributed by atoms with van der Waals surface area (Å²) in [6, 6.07) is 56.8. The van der Waals surface area contributed by atoms with Crippen LogP contribution >= 0.6 is 11.3 Å². The maximum atomic E-state index is 6.94. The molecule has 0 N–H and O–H groups in total. The largest absolute Gasteiger partial charge is 0.455 e. The third-order valence-electron chi connectivity index (χ3n) is 11.8. The minimum absolute atomic E-state index is 0.739. The van der Waals surface area contributed by atoms with E-state index in [9.17, 15) is 0 Å². The molecule has 7 aromatic carbocycles. The van der Waals surface area contributed by atoms with Gasteiger partial charge in [0.25, 0.3) is 0 Å². The molecule has 1 aliphatic heterocycles. The van der Waals surface area contributed by atoms with Gasteiger partial charge in [0.15, 0.2) is 5.84 Å². The summed E-state index contributed by atoms with van der Waals surface area (Å²) in [6.07, 6.45) is 10.3. The minimum Gasteiger partial charge on any atom is -0.455 e. The van der Waals surface area contributed by atoms with Crippen LogP contribution in [-0.4, -0.2) is 11.5 Å². The number of hydrogen-bond acceptors (Lipinski definition) is 4. The van der Waals surface area contributed by atoms with E-state index < -0.39 is 0 Å². The van der Waals surface area contributed by atoms with Gasteiger partial charge < -0.3 is 4.42 Å². The number of hydrogen-bond donors (Lipinski definition) is 0. The maximum Gasteiger partial charge on any atom is 0.159 e. The standard InChI is InChI=1S/C55H40N2OS/c1-2-35-32-48(37-19-8-4-9-20-37)56-55(38-21-10-5-11-22-38)57-53(35)40-24-16-23-39(31-40)41-29-30-43(54-52(41)44-26-12-14-27-49(44)58-54)46-34-51-47(42-25-13-15-28-50(42)59-51)33-45(46)36-17-6-3-7-18-36/h3-4,6-10,12-31,33-34H,2,5,11,32H2,1H3. The van der Waals surface area contributed by atoms with Crippen LogP contribution in [0.1, 0.15) is 43.7 Å². The van der Waals surface area contributed by atoms with Crippen LogP contribution in [0.25, 0.3) is 81.2 Å². The molecule has 282 valence electrons. The van der Waals surface area contributed by atoms with Crippen molar-refractivity contribution in [1.82, 2.24) is 0 Å². The quantitative estimate of drug-likeness (QED) is 0.159. The van der Waals surface area contributed by atoms with Gasteiger partial charge in [-0.1, -0.05) is 146 Å². The first-order chi connectivity index (χ1) is 29.2. The summed E-state index contributed by atoms with van der Waals surface area (Å²) in [6.45, 7) is 2.24. The van der Waals surface area contributed by atoms with Gasteiger partial charge in [-0.3, -0.25) is 0 Å². The summed E-state index contributed by atoms with van der Waals surface area (Å²) in [5.74, 6) is 0.779. The van der Waals surface area contributed by atoms with Crippen LogP contribution in [0.3, 0.4) is 0 Å². The summed E-state index contributed by atoms with van der Waals surface area (Å²) < 4.78 is 9.50. The van der Waals surface area contributed by atoms with Crippen molar-refractivity contribution in [3.05, 3.63) is 198 Å². The smallest absolute Gasteiger partial charge is 0.159 e. The second-order valence-corrected chi connectivity index (χ2v) is 16.5. The molecule has 9 aromatic rings. The van der Waals surface area contributed by atoms with E-state index in [-0.39, 0.29) is 0 Å². The first-order valence-electron chi connectivity index (χ1n) is 20.6. The number of para-hydroxylation sites is 1. The molecule has 0 amide bonds. The van der Waals surface area contributed by atoms with E-state index in [1.165, 1.54) is 36.9 Å². The van der Waals surface area contributed by atoms with Gasteiger partial charge in [0.1, 0.15) is 11.2 Å². The van der Waals surface area contributed by atoms with Crippen molar-refractivity contribution in [3.8, 4) is 33.4 Å².